The van der Waals surface area contributed by atoms with E-state index in [1.807, 2.05) is 0 Å². The summed E-state index contributed by atoms with van der Waals surface area (Å²) in [5.41, 5.74) is 8.78. The van der Waals surface area contributed by atoms with Gasteiger partial charge in [-0.2, -0.15) is 0 Å². The predicted molar refractivity (Wildman–Crippen MR) is 74.6 cm³/mol. The molecule has 1 aromatic carbocycles. The van der Waals surface area contributed by atoms with Crippen molar-refractivity contribution in [1.82, 2.24) is 4.57 Å². The van der Waals surface area contributed by atoms with Gasteiger partial charge in [0.05, 0.1) is 5.52 Å². The molecular formula is C16H19NO. The van der Waals surface area contributed by atoms with Crippen LogP contribution in [-0.4, -0.2) is 10.9 Å². The predicted octanol–water partition coefficient (Wildman–Crippen LogP) is 3.63. The summed E-state index contributed by atoms with van der Waals surface area (Å²) < 4.78 is 2.37. The van der Waals surface area contributed by atoms with E-state index in [1.54, 1.807) is 0 Å². The normalized spacial score (nSPS) is 14.2. The fraction of sp³-hybridized carbons (Fsp3) is 0.438. The number of hydrogen-bond acceptors (Lipinski definition) is 1. The number of benzene rings is 1. The van der Waals surface area contributed by atoms with E-state index in [4.69, 9.17) is 0 Å². The first kappa shape index (κ1) is 11.5. The van der Waals surface area contributed by atoms with Gasteiger partial charge in [0.1, 0.15) is 0 Å². The number of carbonyl (C=O) groups is 1. The molecule has 0 bridgehead atoms. The number of aromatic nitrogens is 1. The minimum atomic E-state index is 0.936. The smallest absolute Gasteiger partial charge is 0.152 e. The van der Waals surface area contributed by atoms with Crippen molar-refractivity contribution >= 4 is 17.2 Å². The molecule has 0 fully saturated rings. The number of aryl methyl sites for hydroxylation is 3. The highest BCUT2D eigenvalue weighted by Gasteiger charge is 2.24. The first-order chi connectivity index (χ1) is 8.57. The lowest BCUT2D eigenvalue weighted by molar-refractivity contribution is 0.112. The molecule has 2 heterocycles. The van der Waals surface area contributed by atoms with Gasteiger partial charge in [-0.1, -0.05) is 0 Å². The Morgan fingerprint density at radius 2 is 1.67 bits per heavy atom. The zero-order valence-electron chi connectivity index (χ0n) is 11.6. The van der Waals surface area contributed by atoms with Crippen LogP contribution in [0.15, 0.2) is 0 Å². The van der Waals surface area contributed by atoms with E-state index in [-0.39, 0.29) is 0 Å². The molecule has 3 rings (SSSR count). The number of aldehydes is 1. The number of fused-ring (bicyclic) bond motifs is 3. The molecule has 94 valence electrons. The molecule has 1 aliphatic heterocycles. The summed E-state index contributed by atoms with van der Waals surface area (Å²) >= 11 is 0. The van der Waals surface area contributed by atoms with E-state index >= 15 is 0 Å². The highest BCUT2D eigenvalue weighted by atomic mass is 16.1. The minimum Gasteiger partial charge on any atom is -0.344 e. The number of nitrogens with zero attached hydrogens (tertiary/aromatic N) is 1. The highest BCUT2D eigenvalue weighted by molar-refractivity contribution is 6.03. The van der Waals surface area contributed by atoms with E-state index in [0.29, 0.717) is 0 Å². The van der Waals surface area contributed by atoms with Crippen molar-refractivity contribution in [3.8, 4) is 0 Å². The number of hydrogen-bond donors (Lipinski definition) is 0. The molecule has 0 radical (unpaired) electrons. The molecule has 0 unspecified atom stereocenters. The molecule has 0 amide bonds. The molecule has 2 heteroatoms. The van der Waals surface area contributed by atoms with Crippen molar-refractivity contribution in [2.45, 2.75) is 47.1 Å². The highest BCUT2D eigenvalue weighted by Crippen LogP contribution is 2.37. The molecule has 0 N–H and O–H groups in total. The van der Waals surface area contributed by atoms with Crippen LogP contribution in [0, 0.1) is 27.7 Å². The largest absolute Gasteiger partial charge is 0.344 e. The van der Waals surface area contributed by atoms with Crippen LogP contribution in [-0.2, 0) is 13.0 Å². The first-order valence-corrected chi connectivity index (χ1v) is 6.64. The van der Waals surface area contributed by atoms with Crippen LogP contribution >= 0.6 is 0 Å². The Morgan fingerprint density at radius 3 is 2.33 bits per heavy atom. The molecule has 2 nitrogen and oxygen atoms in total. The molecule has 18 heavy (non-hydrogen) atoms. The van der Waals surface area contributed by atoms with Crippen LogP contribution in [0.5, 0.6) is 0 Å². The van der Waals surface area contributed by atoms with Crippen LogP contribution in [0.4, 0.5) is 0 Å². The van der Waals surface area contributed by atoms with Gasteiger partial charge >= 0.3 is 0 Å². The van der Waals surface area contributed by atoms with Crippen molar-refractivity contribution in [1.29, 1.82) is 0 Å². The summed E-state index contributed by atoms with van der Waals surface area (Å²) in [5.74, 6) is 0. The Morgan fingerprint density at radius 1 is 1.00 bits per heavy atom. The van der Waals surface area contributed by atoms with Crippen LogP contribution in [0.25, 0.3) is 10.9 Å². The second-order valence-corrected chi connectivity index (χ2v) is 5.46. The topological polar surface area (TPSA) is 22.0 Å². The molecule has 0 aliphatic carbocycles. The monoisotopic (exact) mass is 241 g/mol. The SMILES string of the molecule is Cc1c(C)c(C)c2c(c1C)c(C=O)c1n2CCC1. The second-order valence-electron chi connectivity index (χ2n) is 5.46. The lowest BCUT2D eigenvalue weighted by Crippen LogP contribution is -1.98. The fourth-order valence-electron chi connectivity index (χ4n) is 3.43. The Kier molecular flexibility index (Phi) is 2.37. The Bertz CT molecular complexity index is 677. The number of rotatable bonds is 1. The zero-order valence-corrected chi connectivity index (χ0v) is 11.6. The lowest BCUT2D eigenvalue weighted by Gasteiger charge is -2.13. The maximum atomic E-state index is 11.5. The van der Waals surface area contributed by atoms with E-state index < -0.39 is 0 Å². The van der Waals surface area contributed by atoms with Gasteiger partial charge in [-0.25, -0.2) is 0 Å². The first-order valence-electron chi connectivity index (χ1n) is 6.64. The molecule has 0 atom stereocenters. The summed E-state index contributed by atoms with van der Waals surface area (Å²) in [7, 11) is 0. The summed E-state index contributed by atoms with van der Waals surface area (Å²) in [6.45, 7) is 9.74. The van der Waals surface area contributed by atoms with Crippen LogP contribution in [0.1, 0.15) is 44.7 Å². The summed E-state index contributed by atoms with van der Waals surface area (Å²) in [4.78, 5) is 11.5. The Labute approximate surface area is 108 Å². The van der Waals surface area contributed by atoms with Gasteiger partial charge in [-0.05, 0) is 62.8 Å². The second kappa shape index (κ2) is 3.71. The summed E-state index contributed by atoms with van der Waals surface area (Å²) in [6.07, 6.45) is 3.26. The average molecular weight is 241 g/mol. The molecule has 0 spiro atoms. The zero-order chi connectivity index (χ0) is 13.0. The van der Waals surface area contributed by atoms with Crippen molar-refractivity contribution in [3.05, 3.63) is 33.5 Å². The third-order valence-electron chi connectivity index (χ3n) is 4.74. The molecule has 1 aliphatic rings. The average Bonchev–Trinajstić information content (AvgIpc) is 2.92. The molecule has 1 aromatic heterocycles. The number of carbonyl (C=O) groups excluding carboxylic acids is 1. The standard InChI is InChI=1S/C16H19NO/c1-9-10(2)12(4)16-15(11(9)3)13(8-18)14-6-5-7-17(14)16/h8H,5-7H2,1-4H3. The van der Waals surface area contributed by atoms with E-state index in [1.165, 1.54) is 38.9 Å². The Hall–Kier alpha value is -1.57. The van der Waals surface area contributed by atoms with Gasteiger partial charge in [0.25, 0.3) is 0 Å². The van der Waals surface area contributed by atoms with Gasteiger partial charge in [-0.15, -0.1) is 0 Å². The van der Waals surface area contributed by atoms with Gasteiger partial charge in [0.2, 0.25) is 0 Å². The molecule has 0 saturated carbocycles. The third-order valence-corrected chi connectivity index (χ3v) is 4.74. The van der Waals surface area contributed by atoms with E-state index in [9.17, 15) is 4.79 Å². The van der Waals surface area contributed by atoms with E-state index in [0.717, 1.165) is 31.2 Å². The van der Waals surface area contributed by atoms with Crippen molar-refractivity contribution in [2.75, 3.05) is 0 Å². The maximum Gasteiger partial charge on any atom is 0.152 e. The van der Waals surface area contributed by atoms with Crippen LogP contribution in [0.2, 0.25) is 0 Å². The van der Waals surface area contributed by atoms with Gasteiger partial charge in [0, 0.05) is 23.2 Å². The minimum absolute atomic E-state index is 0.936. The summed E-state index contributed by atoms with van der Waals surface area (Å²) in [6, 6.07) is 0. The quantitative estimate of drug-likeness (QED) is 0.699. The van der Waals surface area contributed by atoms with Crippen molar-refractivity contribution < 1.29 is 4.79 Å². The van der Waals surface area contributed by atoms with Crippen LogP contribution < -0.4 is 0 Å². The molecule has 0 saturated heterocycles. The fourth-order valence-corrected chi connectivity index (χ4v) is 3.43. The maximum absolute atomic E-state index is 11.5. The Balaban J connectivity index is 2.60. The molecule has 2 aromatic rings. The van der Waals surface area contributed by atoms with E-state index in [2.05, 4.69) is 32.3 Å². The lowest BCUT2D eigenvalue weighted by atomic mass is 9.93. The van der Waals surface area contributed by atoms with Crippen LogP contribution in [0.3, 0.4) is 0 Å². The van der Waals surface area contributed by atoms with Crippen molar-refractivity contribution in [3.63, 3.8) is 0 Å². The van der Waals surface area contributed by atoms with Gasteiger partial charge in [0.15, 0.2) is 6.29 Å². The third kappa shape index (κ3) is 1.21. The van der Waals surface area contributed by atoms with Gasteiger partial charge < -0.3 is 4.57 Å². The summed E-state index contributed by atoms with van der Waals surface area (Å²) in [5, 5.41) is 1.19. The van der Waals surface area contributed by atoms with Crippen molar-refractivity contribution in [2.24, 2.45) is 0 Å². The molecular weight excluding hydrogens is 222 g/mol. The van der Waals surface area contributed by atoms with Gasteiger partial charge in [-0.3, -0.25) is 4.79 Å².